The molecule has 0 aliphatic heterocycles. The van der Waals surface area contributed by atoms with Gasteiger partial charge < -0.3 is 15.6 Å². The van der Waals surface area contributed by atoms with E-state index in [0.717, 1.165) is 25.7 Å². The molecule has 0 saturated heterocycles. The molecule has 0 radical (unpaired) electrons. The lowest BCUT2D eigenvalue weighted by atomic mass is 10.1. The molecule has 0 heterocycles. The Bertz CT molecular complexity index is 924. The first-order valence-electron chi connectivity index (χ1n) is 11.9. The van der Waals surface area contributed by atoms with Crippen molar-refractivity contribution in [1.82, 2.24) is 0 Å². The van der Waals surface area contributed by atoms with Crippen molar-refractivity contribution in [2.24, 2.45) is 5.73 Å². The molecule has 0 spiro atoms. The van der Waals surface area contributed by atoms with Gasteiger partial charge in [-0.2, -0.15) is 0 Å². The van der Waals surface area contributed by atoms with Gasteiger partial charge in [0.15, 0.2) is 0 Å². The Hall–Kier alpha value is -2.54. The van der Waals surface area contributed by atoms with Gasteiger partial charge in [-0.3, -0.25) is 4.79 Å². The highest BCUT2D eigenvalue weighted by molar-refractivity contribution is 7.91. The summed E-state index contributed by atoms with van der Waals surface area (Å²) in [7, 11) is -3.61. The van der Waals surface area contributed by atoms with Gasteiger partial charge in [0.25, 0.3) is 0 Å². The summed E-state index contributed by atoms with van der Waals surface area (Å²) in [4.78, 5) is 11.0. The molecule has 1 amide bonds. The largest absolute Gasteiger partial charge is 0.508 e. The molecule has 2 rings (SSSR count). The number of rotatable bonds is 17. The predicted molar refractivity (Wildman–Crippen MR) is 130 cm³/mol. The Labute approximate surface area is 198 Å². The second-order valence-electron chi connectivity index (χ2n) is 8.42. The van der Waals surface area contributed by atoms with Gasteiger partial charge in [-0.05, 0) is 61.4 Å². The van der Waals surface area contributed by atoms with E-state index in [9.17, 15) is 18.3 Å². The van der Waals surface area contributed by atoms with Crippen LogP contribution in [0.25, 0.3) is 0 Å². The number of primary amides is 1. The van der Waals surface area contributed by atoms with Crippen LogP contribution >= 0.6 is 0 Å². The highest BCUT2D eigenvalue weighted by Crippen LogP contribution is 2.24. The first kappa shape index (κ1) is 26.7. The molecule has 7 heteroatoms. The smallest absolute Gasteiger partial charge is 0.217 e. The predicted octanol–water partition coefficient (Wildman–Crippen LogP) is 5.77. The van der Waals surface area contributed by atoms with E-state index >= 15 is 0 Å². The maximum Gasteiger partial charge on any atom is 0.217 e. The fourth-order valence-electron chi connectivity index (χ4n) is 3.66. The first-order chi connectivity index (χ1) is 15.9. The van der Waals surface area contributed by atoms with Gasteiger partial charge in [-0.1, -0.05) is 57.8 Å². The maximum atomic E-state index is 12.6. The van der Waals surface area contributed by atoms with Crippen LogP contribution in [0.1, 0.15) is 77.0 Å². The lowest BCUT2D eigenvalue weighted by Gasteiger charge is -2.08. The number of carbonyl (C=O) groups excluding carboxylic acids is 1. The summed E-state index contributed by atoms with van der Waals surface area (Å²) in [5.41, 5.74) is 5.13. The van der Waals surface area contributed by atoms with Crippen molar-refractivity contribution >= 4 is 15.7 Å². The molecule has 0 atom stereocenters. The molecule has 2 aromatic carbocycles. The summed E-state index contributed by atoms with van der Waals surface area (Å²) in [6.45, 7) is 0.620. The minimum Gasteiger partial charge on any atom is -0.508 e. The van der Waals surface area contributed by atoms with E-state index in [0.29, 0.717) is 18.8 Å². The Morgan fingerprint density at radius 1 is 0.697 bits per heavy atom. The lowest BCUT2D eigenvalue weighted by molar-refractivity contribution is -0.118. The van der Waals surface area contributed by atoms with E-state index in [4.69, 9.17) is 10.5 Å². The van der Waals surface area contributed by atoms with E-state index in [1.54, 1.807) is 24.3 Å². The van der Waals surface area contributed by atoms with Crippen LogP contribution in [-0.2, 0) is 14.6 Å². The van der Waals surface area contributed by atoms with Gasteiger partial charge in [0, 0.05) is 6.42 Å². The van der Waals surface area contributed by atoms with Crippen LogP contribution in [0.2, 0.25) is 0 Å². The molecular weight excluding hydrogens is 438 g/mol. The second kappa shape index (κ2) is 14.6. The molecule has 6 nitrogen and oxygen atoms in total. The number of carbonyl (C=O) groups is 1. The summed E-state index contributed by atoms with van der Waals surface area (Å²) in [5.74, 6) is 0.495. The number of phenolic OH excluding ortho intramolecular Hbond substituents is 1. The lowest BCUT2D eigenvalue weighted by Crippen LogP contribution is -2.09. The topological polar surface area (TPSA) is 107 Å². The molecule has 0 saturated carbocycles. The molecule has 0 aliphatic carbocycles. The molecular formula is C26H37NO5S. The van der Waals surface area contributed by atoms with Crippen LogP contribution in [0.4, 0.5) is 0 Å². The van der Waals surface area contributed by atoms with Gasteiger partial charge in [0.1, 0.15) is 11.5 Å². The van der Waals surface area contributed by atoms with Crippen LogP contribution in [0.3, 0.4) is 0 Å². The van der Waals surface area contributed by atoms with E-state index < -0.39 is 9.84 Å². The minimum absolute atomic E-state index is 0.0304. The van der Waals surface area contributed by atoms with Crippen molar-refractivity contribution in [1.29, 1.82) is 0 Å². The van der Waals surface area contributed by atoms with Crippen molar-refractivity contribution in [3.8, 4) is 11.5 Å². The number of benzene rings is 2. The van der Waals surface area contributed by atoms with Gasteiger partial charge in [-0.15, -0.1) is 0 Å². The van der Waals surface area contributed by atoms with Crippen molar-refractivity contribution in [2.45, 2.75) is 86.8 Å². The molecule has 33 heavy (non-hydrogen) atoms. The number of hydrogen-bond acceptors (Lipinski definition) is 5. The average molecular weight is 476 g/mol. The fraction of sp³-hybridized carbons (Fsp3) is 0.500. The number of aromatic hydroxyl groups is 1. The zero-order valence-electron chi connectivity index (χ0n) is 19.4. The second-order valence-corrected chi connectivity index (χ2v) is 10.4. The highest BCUT2D eigenvalue weighted by Gasteiger charge is 2.17. The Morgan fingerprint density at radius 2 is 1.12 bits per heavy atom. The fourth-order valence-corrected chi connectivity index (χ4v) is 4.92. The SMILES string of the molecule is NC(=O)CCCCCCCCCCCCCOc1ccc(S(=O)(=O)c2ccc(O)cc2)cc1. The molecule has 3 N–H and O–H groups in total. The number of hydrogen-bond donors (Lipinski definition) is 2. The molecule has 0 fully saturated rings. The third kappa shape index (κ3) is 10.3. The molecule has 0 aliphatic rings. The van der Waals surface area contributed by atoms with Crippen LogP contribution in [-0.4, -0.2) is 26.0 Å². The van der Waals surface area contributed by atoms with Crippen LogP contribution in [0.15, 0.2) is 58.3 Å². The highest BCUT2D eigenvalue weighted by atomic mass is 32.2. The van der Waals surface area contributed by atoms with Crippen molar-refractivity contribution in [3.63, 3.8) is 0 Å². The van der Waals surface area contributed by atoms with Gasteiger partial charge >= 0.3 is 0 Å². The van der Waals surface area contributed by atoms with Crippen molar-refractivity contribution in [3.05, 3.63) is 48.5 Å². The number of amides is 1. The minimum atomic E-state index is -3.61. The monoisotopic (exact) mass is 475 g/mol. The molecule has 182 valence electrons. The van der Waals surface area contributed by atoms with Gasteiger partial charge in [0.05, 0.1) is 16.4 Å². The van der Waals surface area contributed by atoms with E-state index in [2.05, 4.69) is 0 Å². The molecule has 0 bridgehead atoms. The van der Waals surface area contributed by atoms with E-state index in [1.165, 1.54) is 69.2 Å². The summed E-state index contributed by atoms with van der Waals surface area (Å²) >= 11 is 0. The Kier molecular flexibility index (Phi) is 11.8. The Morgan fingerprint density at radius 3 is 1.61 bits per heavy atom. The van der Waals surface area contributed by atoms with Gasteiger partial charge in [0.2, 0.25) is 15.7 Å². The number of phenols is 1. The summed E-state index contributed by atoms with van der Waals surface area (Å²) < 4.78 is 31.0. The van der Waals surface area contributed by atoms with Gasteiger partial charge in [-0.25, -0.2) is 8.42 Å². The van der Waals surface area contributed by atoms with Crippen molar-refractivity contribution in [2.75, 3.05) is 6.61 Å². The average Bonchev–Trinajstić information content (AvgIpc) is 2.79. The molecule has 0 aromatic heterocycles. The number of unbranched alkanes of at least 4 members (excludes halogenated alkanes) is 10. The third-order valence-electron chi connectivity index (χ3n) is 5.62. The summed E-state index contributed by atoms with van der Waals surface area (Å²) in [6, 6.07) is 12.0. The summed E-state index contributed by atoms with van der Waals surface area (Å²) in [6.07, 6.45) is 13.3. The quantitative estimate of drug-likeness (QED) is 0.282. The first-order valence-corrected chi connectivity index (χ1v) is 13.4. The molecule has 0 unspecified atom stereocenters. The van der Waals surface area contributed by atoms with Crippen LogP contribution < -0.4 is 10.5 Å². The standard InChI is InChI=1S/C26H37NO5S/c27-26(29)12-10-8-6-4-2-1-3-5-7-9-11-21-32-23-15-19-25(20-16-23)33(30,31)24-17-13-22(28)14-18-24/h13-20,28H,1-12,21H2,(H2,27,29). The number of nitrogens with two attached hydrogens (primary N) is 1. The zero-order chi connectivity index (χ0) is 23.9. The van der Waals surface area contributed by atoms with E-state index in [-0.39, 0.29) is 21.4 Å². The number of ether oxygens (including phenoxy) is 1. The van der Waals surface area contributed by atoms with Crippen LogP contribution in [0, 0.1) is 0 Å². The third-order valence-corrected chi connectivity index (χ3v) is 7.40. The normalized spacial score (nSPS) is 11.4. The van der Waals surface area contributed by atoms with Crippen LogP contribution in [0.5, 0.6) is 11.5 Å². The van der Waals surface area contributed by atoms with Crippen molar-refractivity contribution < 1.29 is 23.1 Å². The number of sulfone groups is 1. The summed E-state index contributed by atoms with van der Waals surface area (Å²) in [5, 5.41) is 9.34. The maximum absolute atomic E-state index is 12.6. The zero-order valence-corrected chi connectivity index (χ0v) is 20.2. The van der Waals surface area contributed by atoms with E-state index in [1.807, 2.05) is 0 Å². The molecule has 2 aromatic rings. The Balaban J connectivity index is 1.52.